The van der Waals surface area contributed by atoms with Crippen molar-refractivity contribution >= 4 is 23.6 Å². The number of aliphatic carboxylic acids is 1. The third kappa shape index (κ3) is 5.49. The van der Waals surface area contributed by atoms with Crippen molar-refractivity contribution in [2.24, 2.45) is 56.2 Å². The lowest BCUT2D eigenvalue weighted by Gasteiger charge is -2.70. The number of carboxylic acid groups (broad SMARTS) is 1. The molecule has 8 atom stereocenters. The van der Waals surface area contributed by atoms with E-state index in [0.717, 1.165) is 50.7 Å². The molecule has 1 amide bonds. The molecule has 0 aromatic carbocycles. The van der Waals surface area contributed by atoms with Crippen molar-refractivity contribution in [1.29, 1.82) is 0 Å². The number of rotatable bonds is 7. The fourth-order valence-electron chi connectivity index (χ4n) is 12.1. The minimum atomic E-state index is -4.64. The fraction of sp³-hybridized carbons (Fsp3) is 0.850. The van der Waals surface area contributed by atoms with Gasteiger partial charge in [-0.1, -0.05) is 54.0 Å². The van der Waals surface area contributed by atoms with E-state index in [2.05, 4.69) is 39.9 Å². The second kappa shape index (κ2) is 11.8. The molecule has 2 N–H and O–H groups in total. The molecule has 0 spiro atoms. The molecule has 0 radical (unpaired) electrons. The van der Waals surface area contributed by atoms with Crippen molar-refractivity contribution in [3.8, 4) is 0 Å². The summed E-state index contributed by atoms with van der Waals surface area (Å²) in [5.74, 6) is -2.27. The first-order valence-electron chi connectivity index (χ1n) is 18.7. The minimum Gasteiger partial charge on any atom is -0.481 e. The SMILES string of the molecule is CC(C)C1C(=O)C[C@]2(C(=O)NC(C)(C)C(F)(F)F)CC[C@]3(C)C(=C12)CCC1[C@@]2(C)CC[C@H](OC(=O)CC(C)(C)C(=O)O)C(C)(C)C2CC[C@]13C. The van der Waals surface area contributed by atoms with Crippen LogP contribution in [0.1, 0.15) is 140 Å². The number of carbonyl (C=O) groups is 4. The number of esters is 1. The molecule has 0 aromatic heterocycles. The van der Waals surface area contributed by atoms with Gasteiger partial charge in [-0.05, 0) is 119 Å². The van der Waals surface area contributed by atoms with E-state index < -0.39 is 46.3 Å². The average molecular weight is 708 g/mol. The number of nitrogens with one attached hydrogen (secondary N) is 1. The summed E-state index contributed by atoms with van der Waals surface area (Å²) in [7, 11) is 0. The normalized spacial score (nSPS) is 38.5. The van der Waals surface area contributed by atoms with Gasteiger partial charge < -0.3 is 15.2 Å². The Labute approximate surface area is 296 Å². The standard InChI is InChI=1S/C40H60F3NO6/c1-22(2)29-24(45)20-39(31(47)44-35(7,8)40(41,42)43)19-18-37(10)23(30(29)39)12-13-26-36(9)16-15-27(50-28(46)21-33(3,4)32(48)49)34(5,6)25(36)14-17-38(26,37)11/h22,25-27,29H,12-21H2,1-11H3,(H,44,47)(H,48,49)/t25?,26?,27-,29?,36-,37+,38+,39+/m0/s1. The Balaban J connectivity index is 1.51. The number of Topliss-reactive ketones (excluding diaryl/α,β-unsaturated/α-hetero) is 1. The number of carboxylic acids is 1. The van der Waals surface area contributed by atoms with Gasteiger partial charge in [-0.3, -0.25) is 19.2 Å². The van der Waals surface area contributed by atoms with Crippen molar-refractivity contribution < 1.29 is 42.2 Å². The van der Waals surface area contributed by atoms with Crippen LogP contribution in [-0.4, -0.2) is 46.6 Å². The molecule has 282 valence electrons. The molecule has 5 aliphatic rings. The van der Waals surface area contributed by atoms with Crippen LogP contribution in [0.5, 0.6) is 0 Å². The number of amides is 1. The first kappa shape index (κ1) is 38.8. The molecule has 10 heteroatoms. The highest BCUT2D eigenvalue weighted by atomic mass is 19.4. The molecule has 0 aliphatic heterocycles. The summed E-state index contributed by atoms with van der Waals surface area (Å²) < 4.78 is 48.1. The van der Waals surface area contributed by atoms with Crippen LogP contribution in [0.3, 0.4) is 0 Å². The van der Waals surface area contributed by atoms with Crippen LogP contribution >= 0.6 is 0 Å². The topological polar surface area (TPSA) is 110 Å². The van der Waals surface area contributed by atoms with Crippen LogP contribution in [0.4, 0.5) is 13.2 Å². The van der Waals surface area contributed by atoms with Gasteiger partial charge in [-0.2, -0.15) is 13.2 Å². The van der Waals surface area contributed by atoms with E-state index in [1.54, 1.807) is 0 Å². The number of ketones is 1. The van der Waals surface area contributed by atoms with Crippen LogP contribution in [0.15, 0.2) is 11.1 Å². The Bertz CT molecular complexity index is 1490. The Morgan fingerprint density at radius 3 is 2.10 bits per heavy atom. The Morgan fingerprint density at radius 2 is 1.54 bits per heavy atom. The average Bonchev–Trinajstić information content (AvgIpc) is 3.27. The third-order valence-electron chi connectivity index (χ3n) is 15.3. The molecule has 4 fully saturated rings. The van der Waals surface area contributed by atoms with Gasteiger partial charge in [0.2, 0.25) is 5.91 Å². The molecule has 0 heterocycles. The molecule has 0 bridgehead atoms. The van der Waals surface area contributed by atoms with Crippen LogP contribution in [0, 0.1) is 56.2 Å². The smallest absolute Gasteiger partial charge is 0.410 e. The summed E-state index contributed by atoms with van der Waals surface area (Å²) in [6, 6.07) is 0. The Hall–Kier alpha value is -2.39. The maximum absolute atomic E-state index is 14.2. The van der Waals surface area contributed by atoms with E-state index in [1.165, 1.54) is 13.8 Å². The number of allylic oxidation sites excluding steroid dienone is 1. The van der Waals surface area contributed by atoms with Gasteiger partial charge in [-0.15, -0.1) is 0 Å². The number of ether oxygens (including phenoxy) is 1. The van der Waals surface area contributed by atoms with Crippen molar-refractivity contribution in [1.82, 2.24) is 5.32 Å². The van der Waals surface area contributed by atoms with E-state index in [4.69, 9.17) is 4.74 Å². The molecular formula is C40H60F3NO6. The van der Waals surface area contributed by atoms with Gasteiger partial charge in [0, 0.05) is 17.8 Å². The number of halogens is 3. The maximum Gasteiger partial charge on any atom is 0.410 e. The Morgan fingerprint density at radius 1 is 0.920 bits per heavy atom. The van der Waals surface area contributed by atoms with Crippen LogP contribution in [0.25, 0.3) is 0 Å². The van der Waals surface area contributed by atoms with Gasteiger partial charge in [-0.25, -0.2) is 0 Å². The van der Waals surface area contributed by atoms with E-state index in [-0.39, 0.29) is 58.2 Å². The number of fused-ring (bicyclic) bond motifs is 6. The lowest BCUT2D eigenvalue weighted by Crippen LogP contribution is -2.65. The monoisotopic (exact) mass is 707 g/mol. The molecule has 5 rings (SSSR count). The van der Waals surface area contributed by atoms with Crippen molar-refractivity contribution in [3.63, 3.8) is 0 Å². The minimum absolute atomic E-state index is 0.0453. The molecule has 5 aliphatic carbocycles. The van der Waals surface area contributed by atoms with E-state index >= 15 is 0 Å². The molecule has 4 saturated carbocycles. The van der Waals surface area contributed by atoms with Crippen LogP contribution < -0.4 is 5.32 Å². The highest BCUT2D eigenvalue weighted by Gasteiger charge is 2.70. The van der Waals surface area contributed by atoms with Gasteiger partial charge in [0.1, 0.15) is 17.4 Å². The van der Waals surface area contributed by atoms with E-state index in [0.29, 0.717) is 31.6 Å². The largest absolute Gasteiger partial charge is 0.481 e. The third-order valence-corrected chi connectivity index (χ3v) is 15.3. The fourth-order valence-corrected chi connectivity index (χ4v) is 12.1. The molecule has 7 nitrogen and oxygen atoms in total. The second-order valence-electron chi connectivity index (χ2n) is 19.6. The summed E-state index contributed by atoms with van der Waals surface area (Å²) in [5, 5.41) is 11.9. The van der Waals surface area contributed by atoms with E-state index in [9.17, 15) is 37.5 Å². The zero-order valence-electron chi connectivity index (χ0n) is 32.1. The van der Waals surface area contributed by atoms with Gasteiger partial charge in [0.25, 0.3) is 0 Å². The summed E-state index contributed by atoms with van der Waals surface area (Å²) >= 11 is 0. The van der Waals surface area contributed by atoms with Gasteiger partial charge >= 0.3 is 18.1 Å². The summed E-state index contributed by atoms with van der Waals surface area (Å²) in [6.07, 6.45) is 0.651. The number of hydrogen-bond donors (Lipinski definition) is 2. The van der Waals surface area contributed by atoms with Gasteiger partial charge in [0.05, 0.1) is 17.3 Å². The van der Waals surface area contributed by atoms with Crippen LogP contribution in [-0.2, 0) is 23.9 Å². The molecular weight excluding hydrogens is 647 g/mol. The highest BCUT2D eigenvalue weighted by molar-refractivity contribution is 6.01. The summed E-state index contributed by atoms with van der Waals surface area (Å²) in [6.45, 7) is 20.4. The highest BCUT2D eigenvalue weighted by Crippen LogP contribution is 2.76. The quantitative estimate of drug-likeness (QED) is 0.202. The molecule has 50 heavy (non-hydrogen) atoms. The van der Waals surface area contributed by atoms with Crippen molar-refractivity contribution in [2.45, 2.75) is 158 Å². The predicted molar refractivity (Wildman–Crippen MR) is 184 cm³/mol. The zero-order valence-corrected chi connectivity index (χ0v) is 32.1. The number of hydrogen-bond acceptors (Lipinski definition) is 5. The molecule has 3 unspecified atom stereocenters. The van der Waals surface area contributed by atoms with Crippen LogP contribution in [0.2, 0.25) is 0 Å². The molecule has 0 aromatic rings. The van der Waals surface area contributed by atoms with Gasteiger partial charge in [0.15, 0.2) is 0 Å². The maximum atomic E-state index is 14.2. The van der Waals surface area contributed by atoms with Crippen molar-refractivity contribution in [3.05, 3.63) is 11.1 Å². The second-order valence-corrected chi connectivity index (χ2v) is 19.6. The predicted octanol–water partition coefficient (Wildman–Crippen LogP) is 8.84. The van der Waals surface area contributed by atoms with Crippen molar-refractivity contribution in [2.75, 3.05) is 0 Å². The summed E-state index contributed by atoms with van der Waals surface area (Å²) in [4.78, 5) is 52.7. The lowest BCUT2D eigenvalue weighted by atomic mass is 9.34. The summed E-state index contributed by atoms with van der Waals surface area (Å²) in [5.41, 5.74) is -3.91. The molecule has 0 saturated heterocycles. The first-order valence-corrected chi connectivity index (χ1v) is 18.7. The first-order chi connectivity index (χ1) is 22.6. The van der Waals surface area contributed by atoms with E-state index in [1.807, 2.05) is 13.8 Å². The Kier molecular flexibility index (Phi) is 9.17. The number of alkyl halides is 3. The lowest BCUT2D eigenvalue weighted by molar-refractivity contribution is -0.214. The zero-order chi connectivity index (χ0) is 37.8. The number of carbonyl (C=O) groups excluding carboxylic acids is 3.